The normalized spacial score (nSPS) is 19.7. The molecule has 2 aromatic rings. The van der Waals surface area contributed by atoms with Crippen molar-refractivity contribution in [1.82, 2.24) is 14.6 Å². The van der Waals surface area contributed by atoms with E-state index in [0.29, 0.717) is 37.3 Å². The molecule has 0 aliphatic carbocycles. The van der Waals surface area contributed by atoms with Gasteiger partial charge in [-0.25, -0.2) is 17.8 Å². The zero-order valence-corrected chi connectivity index (χ0v) is 16.5. The van der Waals surface area contributed by atoms with Gasteiger partial charge in [0.15, 0.2) is 5.03 Å². The first-order chi connectivity index (χ1) is 13.6. The Morgan fingerprint density at radius 3 is 2.39 bits per heavy atom. The summed E-state index contributed by atoms with van der Waals surface area (Å²) < 4.78 is 41.7. The maximum absolute atomic E-state index is 14.0. The van der Waals surface area contributed by atoms with Crippen molar-refractivity contribution in [2.75, 3.05) is 44.2 Å². The van der Waals surface area contributed by atoms with E-state index in [2.05, 4.69) is 15.2 Å². The van der Waals surface area contributed by atoms with Crippen LogP contribution >= 0.6 is 0 Å². The Morgan fingerprint density at radius 1 is 0.964 bits per heavy atom. The van der Waals surface area contributed by atoms with Crippen LogP contribution in [-0.4, -0.2) is 57.0 Å². The third-order valence-electron chi connectivity index (χ3n) is 5.55. The summed E-state index contributed by atoms with van der Waals surface area (Å²) in [7, 11) is -3.65. The minimum Gasteiger partial charge on any atom is -0.354 e. The SMILES string of the molecule is O=S(=O)(c1cccc(N2CCNCC2)n1)N1CCC(c2ccccc2F)CC1. The number of pyridine rings is 1. The van der Waals surface area contributed by atoms with Crippen molar-refractivity contribution in [2.45, 2.75) is 23.8 Å². The predicted octanol–water partition coefficient (Wildman–Crippen LogP) is 2.20. The van der Waals surface area contributed by atoms with Gasteiger partial charge in [0, 0.05) is 39.3 Å². The lowest BCUT2D eigenvalue weighted by molar-refractivity contribution is 0.315. The van der Waals surface area contributed by atoms with Crippen molar-refractivity contribution in [3.63, 3.8) is 0 Å². The van der Waals surface area contributed by atoms with Crippen molar-refractivity contribution in [1.29, 1.82) is 0 Å². The van der Waals surface area contributed by atoms with Crippen molar-refractivity contribution >= 4 is 15.8 Å². The molecule has 0 radical (unpaired) electrons. The smallest absolute Gasteiger partial charge is 0.260 e. The lowest BCUT2D eigenvalue weighted by Gasteiger charge is -2.32. The molecule has 0 bridgehead atoms. The zero-order valence-electron chi connectivity index (χ0n) is 15.7. The number of sulfonamides is 1. The first-order valence-corrected chi connectivity index (χ1v) is 11.2. The summed E-state index contributed by atoms with van der Waals surface area (Å²) in [6.07, 6.45) is 1.22. The third kappa shape index (κ3) is 3.90. The van der Waals surface area contributed by atoms with Crippen LogP contribution in [0.25, 0.3) is 0 Å². The fourth-order valence-electron chi connectivity index (χ4n) is 3.96. The molecule has 1 aromatic carbocycles. The molecule has 1 N–H and O–H groups in total. The first-order valence-electron chi connectivity index (χ1n) is 9.73. The number of benzene rings is 1. The Kier molecular flexibility index (Phi) is 5.61. The molecule has 6 nitrogen and oxygen atoms in total. The maximum atomic E-state index is 14.0. The summed E-state index contributed by atoms with van der Waals surface area (Å²) in [5.74, 6) is 0.533. The molecule has 2 fully saturated rings. The molecular formula is C20H25FN4O2S. The molecule has 2 aliphatic heterocycles. The number of hydrogen-bond acceptors (Lipinski definition) is 5. The van der Waals surface area contributed by atoms with Gasteiger partial charge in [0.2, 0.25) is 0 Å². The number of rotatable bonds is 4. The van der Waals surface area contributed by atoms with Crippen molar-refractivity contribution in [2.24, 2.45) is 0 Å². The number of halogens is 1. The second kappa shape index (κ2) is 8.14. The number of hydrogen-bond donors (Lipinski definition) is 1. The number of anilines is 1. The van der Waals surface area contributed by atoms with Crippen molar-refractivity contribution in [3.8, 4) is 0 Å². The molecule has 8 heteroatoms. The highest BCUT2D eigenvalue weighted by molar-refractivity contribution is 7.89. The Hall–Kier alpha value is -2.03. The topological polar surface area (TPSA) is 65.5 Å². The second-order valence-electron chi connectivity index (χ2n) is 7.27. The molecule has 2 aliphatic rings. The van der Waals surface area contributed by atoms with E-state index in [4.69, 9.17) is 0 Å². The van der Waals surface area contributed by atoms with Crippen LogP contribution in [0.15, 0.2) is 47.5 Å². The van der Waals surface area contributed by atoms with Crippen LogP contribution in [0.2, 0.25) is 0 Å². The van der Waals surface area contributed by atoms with Gasteiger partial charge in [-0.1, -0.05) is 24.3 Å². The second-order valence-corrected chi connectivity index (χ2v) is 9.16. The van der Waals surface area contributed by atoms with Gasteiger partial charge in [0.1, 0.15) is 11.6 Å². The molecule has 0 unspecified atom stereocenters. The molecule has 0 saturated carbocycles. The molecule has 2 saturated heterocycles. The monoisotopic (exact) mass is 404 g/mol. The van der Waals surface area contributed by atoms with Crippen LogP contribution in [-0.2, 0) is 10.0 Å². The number of aromatic nitrogens is 1. The van der Waals surface area contributed by atoms with Crippen LogP contribution < -0.4 is 10.2 Å². The van der Waals surface area contributed by atoms with E-state index in [1.165, 1.54) is 10.4 Å². The van der Waals surface area contributed by atoms with Crippen LogP contribution in [0.5, 0.6) is 0 Å². The molecule has 3 heterocycles. The molecule has 0 spiro atoms. The van der Waals surface area contributed by atoms with Crippen LogP contribution in [0.1, 0.15) is 24.3 Å². The number of piperazine rings is 1. The molecule has 4 rings (SSSR count). The lowest BCUT2D eigenvalue weighted by Crippen LogP contribution is -2.44. The zero-order chi connectivity index (χ0) is 19.6. The van der Waals surface area contributed by atoms with Gasteiger partial charge in [0.05, 0.1) is 0 Å². The van der Waals surface area contributed by atoms with Gasteiger partial charge in [-0.3, -0.25) is 0 Å². The van der Waals surface area contributed by atoms with Gasteiger partial charge in [-0.05, 0) is 42.5 Å². The van der Waals surface area contributed by atoms with Crippen LogP contribution in [0.4, 0.5) is 10.2 Å². The fourth-order valence-corrected chi connectivity index (χ4v) is 5.38. The number of piperidine rings is 1. The predicted molar refractivity (Wildman–Crippen MR) is 106 cm³/mol. The van der Waals surface area contributed by atoms with Gasteiger partial charge in [-0.15, -0.1) is 0 Å². The van der Waals surface area contributed by atoms with E-state index < -0.39 is 10.0 Å². The van der Waals surface area contributed by atoms with E-state index in [-0.39, 0.29) is 16.8 Å². The molecule has 1 aromatic heterocycles. The molecular weight excluding hydrogens is 379 g/mol. The Balaban J connectivity index is 1.48. The minimum atomic E-state index is -3.65. The highest BCUT2D eigenvalue weighted by atomic mass is 32.2. The van der Waals surface area contributed by atoms with E-state index in [1.807, 2.05) is 12.1 Å². The molecule has 28 heavy (non-hydrogen) atoms. The third-order valence-corrected chi connectivity index (χ3v) is 7.35. The minimum absolute atomic E-state index is 0.0489. The first kappa shape index (κ1) is 19.3. The summed E-state index contributed by atoms with van der Waals surface area (Å²) in [5, 5.41) is 3.37. The molecule has 0 amide bonds. The highest BCUT2D eigenvalue weighted by Crippen LogP contribution is 2.32. The average Bonchev–Trinajstić information content (AvgIpc) is 2.75. The van der Waals surface area contributed by atoms with E-state index >= 15 is 0 Å². The summed E-state index contributed by atoms with van der Waals surface area (Å²) >= 11 is 0. The Bertz CT molecular complexity index is 923. The summed E-state index contributed by atoms with van der Waals surface area (Å²) in [6, 6.07) is 11.9. The van der Waals surface area contributed by atoms with Crippen LogP contribution in [0.3, 0.4) is 0 Å². The number of nitrogens with zero attached hydrogens (tertiary/aromatic N) is 3. The van der Waals surface area contributed by atoms with Gasteiger partial charge in [0.25, 0.3) is 10.0 Å². The van der Waals surface area contributed by atoms with Gasteiger partial charge < -0.3 is 10.2 Å². The summed E-state index contributed by atoms with van der Waals surface area (Å²) in [5.41, 5.74) is 0.679. The largest absolute Gasteiger partial charge is 0.354 e. The summed E-state index contributed by atoms with van der Waals surface area (Å²) in [4.78, 5) is 6.54. The fraction of sp³-hybridized carbons (Fsp3) is 0.450. The summed E-state index contributed by atoms with van der Waals surface area (Å²) in [6.45, 7) is 4.10. The Morgan fingerprint density at radius 2 is 1.68 bits per heavy atom. The van der Waals surface area contributed by atoms with Crippen LogP contribution in [0, 0.1) is 5.82 Å². The average molecular weight is 405 g/mol. The number of nitrogens with one attached hydrogen (secondary N) is 1. The Labute approximate surface area is 165 Å². The van der Waals surface area contributed by atoms with E-state index in [0.717, 1.165) is 26.2 Å². The molecule has 0 atom stereocenters. The van der Waals surface area contributed by atoms with Gasteiger partial charge in [-0.2, -0.15) is 4.31 Å². The van der Waals surface area contributed by atoms with E-state index in [9.17, 15) is 12.8 Å². The van der Waals surface area contributed by atoms with E-state index in [1.54, 1.807) is 24.3 Å². The lowest BCUT2D eigenvalue weighted by atomic mass is 9.90. The van der Waals surface area contributed by atoms with Crippen molar-refractivity contribution in [3.05, 3.63) is 53.8 Å². The van der Waals surface area contributed by atoms with Gasteiger partial charge >= 0.3 is 0 Å². The maximum Gasteiger partial charge on any atom is 0.260 e. The highest BCUT2D eigenvalue weighted by Gasteiger charge is 2.32. The van der Waals surface area contributed by atoms with Crippen molar-refractivity contribution < 1.29 is 12.8 Å². The quantitative estimate of drug-likeness (QED) is 0.846. The molecule has 150 valence electrons. The standard InChI is InChI=1S/C20H25FN4O2S/c21-18-5-2-1-4-17(18)16-8-12-25(13-9-16)28(26,27)20-7-3-6-19(23-20)24-14-10-22-11-15-24/h1-7,16,22H,8-15H2.